The number of carbonyl (C=O) groups is 1. The lowest BCUT2D eigenvalue weighted by Gasteiger charge is -2.53. The fourth-order valence-corrected chi connectivity index (χ4v) is 7.23. The Labute approximate surface area is 232 Å². The van der Waals surface area contributed by atoms with Crippen LogP contribution in [0.2, 0.25) is 5.15 Å². The first-order valence-corrected chi connectivity index (χ1v) is 14.4. The first-order valence-electron chi connectivity index (χ1n) is 13.2. The van der Waals surface area contributed by atoms with Crippen molar-refractivity contribution in [3.05, 3.63) is 52.0 Å². The zero-order chi connectivity index (χ0) is 27.2. The molecule has 6 nitrogen and oxygen atoms in total. The van der Waals surface area contributed by atoms with Crippen LogP contribution in [0.4, 0.5) is 14.9 Å². The van der Waals surface area contributed by atoms with Gasteiger partial charge in [0, 0.05) is 41.7 Å². The summed E-state index contributed by atoms with van der Waals surface area (Å²) >= 11 is 8.07. The van der Waals surface area contributed by atoms with Crippen molar-refractivity contribution < 1.29 is 13.9 Å². The molecule has 1 saturated carbocycles. The molecule has 3 aromatic rings. The van der Waals surface area contributed by atoms with Crippen molar-refractivity contribution in [3.63, 3.8) is 0 Å². The monoisotopic (exact) mass is 556 g/mol. The topological polar surface area (TPSA) is 81.3 Å². The van der Waals surface area contributed by atoms with E-state index in [4.69, 9.17) is 27.1 Å². The molecular formula is C29H34ClFN4O2S. The average molecular weight is 557 g/mol. The van der Waals surface area contributed by atoms with Crippen molar-refractivity contribution in [2.45, 2.75) is 71.3 Å². The summed E-state index contributed by atoms with van der Waals surface area (Å²) in [5, 5.41) is 1.46. The third-order valence-electron chi connectivity index (χ3n) is 7.63. The summed E-state index contributed by atoms with van der Waals surface area (Å²) in [4.78, 5) is 24.4. The van der Waals surface area contributed by atoms with Gasteiger partial charge in [-0.05, 0) is 76.6 Å². The van der Waals surface area contributed by atoms with Crippen LogP contribution in [-0.2, 0) is 11.2 Å². The lowest BCUT2D eigenvalue weighted by molar-refractivity contribution is -0.0506. The van der Waals surface area contributed by atoms with E-state index in [1.54, 1.807) is 35.7 Å². The summed E-state index contributed by atoms with van der Waals surface area (Å²) in [6, 6.07) is 6.99. The zero-order valence-corrected chi connectivity index (χ0v) is 23.9. The van der Waals surface area contributed by atoms with Gasteiger partial charge < -0.3 is 15.4 Å². The molecule has 0 unspecified atom stereocenters. The predicted molar refractivity (Wildman–Crippen MR) is 151 cm³/mol. The molecule has 5 rings (SSSR count). The second-order valence-corrected chi connectivity index (χ2v) is 12.9. The number of carbonyl (C=O) groups excluding carboxylic acids is 1. The summed E-state index contributed by atoms with van der Waals surface area (Å²) in [6.45, 7) is 9.19. The largest absolute Gasteiger partial charge is 0.444 e. The molecular weight excluding hydrogens is 523 g/mol. The van der Waals surface area contributed by atoms with Crippen molar-refractivity contribution in [2.75, 3.05) is 18.8 Å². The Morgan fingerprint density at radius 3 is 2.61 bits per heavy atom. The van der Waals surface area contributed by atoms with Gasteiger partial charge in [-0.1, -0.05) is 24.6 Å². The number of nitrogens with zero attached hydrogens (tertiary/aromatic N) is 3. The first kappa shape index (κ1) is 26.9. The molecule has 1 amide bonds. The van der Waals surface area contributed by atoms with Gasteiger partial charge >= 0.3 is 6.09 Å². The first-order chi connectivity index (χ1) is 18.0. The van der Waals surface area contributed by atoms with E-state index < -0.39 is 11.4 Å². The number of nitrogens with two attached hydrogens (primary N) is 1. The van der Waals surface area contributed by atoms with Gasteiger partial charge in [-0.15, -0.1) is 11.3 Å². The molecule has 0 atom stereocenters. The number of rotatable bonds is 4. The molecule has 2 N–H and O–H groups in total. The number of nitrogen functional groups attached to an aromatic ring is 1. The Kier molecular flexibility index (Phi) is 7.16. The van der Waals surface area contributed by atoms with Gasteiger partial charge in [0.15, 0.2) is 5.82 Å². The third-order valence-corrected chi connectivity index (χ3v) is 9.21. The molecule has 0 radical (unpaired) electrons. The number of thiazole rings is 1. The van der Waals surface area contributed by atoms with Crippen molar-refractivity contribution in [3.8, 4) is 21.7 Å². The van der Waals surface area contributed by atoms with E-state index in [0.29, 0.717) is 22.8 Å². The maximum Gasteiger partial charge on any atom is 0.410 e. The minimum Gasteiger partial charge on any atom is -0.444 e. The highest BCUT2D eigenvalue weighted by Gasteiger charge is 2.48. The summed E-state index contributed by atoms with van der Waals surface area (Å²) in [6.07, 6.45) is 6.16. The van der Waals surface area contributed by atoms with E-state index in [9.17, 15) is 4.79 Å². The molecule has 38 heavy (non-hydrogen) atoms. The number of benzene rings is 1. The Morgan fingerprint density at radius 2 is 1.95 bits per heavy atom. The van der Waals surface area contributed by atoms with Crippen molar-refractivity contribution >= 4 is 34.7 Å². The standard InChI is InChI=1S/C29H34ClFN4O2S/c1-5-18-19(11-14-33-25(18)30)24-23(20-7-6-8-21(32)22(20)31)34-26(38-24)17-9-12-29(13-10-17)15-35(16-29)27(36)37-28(2,3)4/h6-8,11,14,17H,5,9-10,12-13,15-16,32H2,1-4H3. The minimum atomic E-state index is -0.489. The summed E-state index contributed by atoms with van der Waals surface area (Å²) in [5.41, 5.74) is 8.56. The molecule has 0 bridgehead atoms. The smallest absolute Gasteiger partial charge is 0.410 e. The summed E-state index contributed by atoms with van der Waals surface area (Å²) in [5.74, 6) is -0.177. The Morgan fingerprint density at radius 1 is 1.24 bits per heavy atom. The predicted octanol–water partition coefficient (Wildman–Crippen LogP) is 7.70. The normalized spacial score (nSPS) is 17.5. The van der Waals surface area contributed by atoms with Crippen molar-refractivity contribution in [1.29, 1.82) is 0 Å². The Bertz CT molecular complexity index is 1350. The van der Waals surface area contributed by atoms with Crippen molar-refractivity contribution in [1.82, 2.24) is 14.9 Å². The van der Waals surface area contributed by atoms with Gasteiger partial charge in [0.25, 0.3) is 0 Å². The van der Waals surface area contributed by atoms with Crippen LogP contribution in [-0.4, -0.2) is 39.7 Å². The van der Waals surface area contributed by atoms with E-state index in [2.05, 4.69) is 4.98 Å². The van der Waals surface area contributed by atoms with Crippen LogP contribution in [0.3, 0.4) is 0 Å². The van der Waals surface area contributed by atoms with Gasteiger partial charge in [-0.3, -0.25) is 0 Å². The molecule has 2 aromatic heterocycles. The number of anilines is 1. The van der Waals surface area contributed by atoms with E-state index in [1.807, 2.05) is 38.7 Å². The fraction of sp³-hybridized carbons (Fsp3) is 0.483. The maximum absolute atomic E-state index is 15.2. The van der Waals surface area contributed by atoms with Gasteiger partial charge in [0.1, 0.15) is 10.8 Å². The molecule has 2 aliphatic rings. The van der Waals surface area contributed by atoms with Crippen LogP contribution in [0.25, 0.3) is 21.7 Å². The Balaban J connectivity index is 1.41. The third kappa shape index (κ3) is 5.13. The van der Waals surface area contributed by atoms with Crippen LogP contribution in [0, 0.1) is 11.2 Å². The van der Waals surface area contributed by atoms with Crippen LogP contribution in [0.1, 0.15) is 69.9 Å². The molecule has 3 heterocycles. The number of amides is 1. The zero-order valence-electron chi connectivity index (χ0n) is 22.3. The quantitative estimate of drug-likeness (QED) is 0.263. The van der Waals surface area contributed by atoms with E-state index in [-0.39, 0.29) is 23.1 Å². The highest BCUT2D eigenvalue weighted by Crippen LogP contribution is 2.51. The van der Waals surface area contributed by atoms with Crippen LogP contribution in [0.5, 0.6) is 0 Å². The molecule has 2 fully saturated rings. The average Bonchev–Trinajstić information content (AvgIpc) is 3.28. The highest BCUT2D eigenvalue weighted by molar-refractivity contribution is 7.15. The number of aromatic nitrogens is 2. The van der Waals surface area contributed by atoms with Crippen molar-refractivity contribution in [2.24, 2.45) is 5.41 Å². The minimum absolute atomic E-state index is 0.102. The second kappa shape index (κ2) is 10.1. The lowest BCUT2D eigenvalue weighted by Crippen LogP contribution is -2.60. The van der Waals surface area contributed by atoms with Gasteiger partial charge in [0.05, 0.1) is 21.3 Å². The van der Waals surface area contributed by atoms with Crippen LogP contribution < -0.4 is 5.73 Å². The van der Waals surface area contributed by atoms with E-state index in [0.717, 1.165) is 59.8 Å². The van der Waals surface area contributed by atoms with E-state index >= 15 is 4.39 Å². The summed E-state index contributed by atoms with van der Waals surface area (Å²) < 4.78 is 20.8. The number of pyridine rings is 1. The number of likely N-dealkylation sites (tertiary alicyclic amines) is 1. The number of halogens is 2. The lowest BCUT2D eigenvalue weighted by atomic mass is 9.66. The molecule has 9 heteroatoms. The number of hydrogen-bond donors (Lipinski definition) is 1. The molecule has 1 saturated heterocycles. The molecule has 1 spiro atoms. The number of hydrogen-bond acceptors (Lipinski definition) is 6. The van der Waals surface area contributed by atoms with Crippen LogP contribution >= 0.6 is 22.9 Å². The van der Waals surface area contributed by atoms with Gasteiger partial charge in [-0.25, -0.2) is 19.2 Å². The van der Waals surface area contributed by atoms with Gasteiger partial charge in [0.2, 0.25) is 0 Å². The second-order valence-electron chi connectivity index (χ2n) is 11.5. The molecule has 1 aromatic carbocycles. The Hall–Kier alpha value is -2.71. The maximum atomic E-state index is 15.2. The molecule has 1 aliphatic heterocycles. The molecule has 1 aliphatic carbocycles. The van der Waals surface area contributed by atoms with Gasteiger partial charge in [-0.2, -0.15) is 0 Å². The van der Waals surface area contributed by atoms with Crippen LogP contribution in [0.15, 0.2) is 30.5 Å². The SMILES string of the molecule is CCc1c(-c2sc(C3CCC4(CC3)CN(C(=O)OC(C)(C)C)C4)nc2-c2cccc(N)c2F)ccnc1Cl. The van der Waals surface area contributed by atoms with E-state index in [1.165, 1.54) is 0 Å². The summed E-state index contributed by atoms with van der Waals surface area (Å²) in [7, 11) is 0. The highest BCUT2D eigenvalue weighted by atomic mass is 35.5. The fourth-order valence-electron chi connectivity index (χ4n) is 5.64. The number of ether oxygens (including phenoxy) is 1. The molecule has 202 valence electrons.